The lowest BCUT2D eigenvalue weighted by atomic mass is 10.1. The molecule has 0 saturated heterocycles. The van der Waals surface area contributed by atoms with Gasteiger partial charge in [-0.15, -0.1) is 0 Å². The molecule has 20 heavy (non-hydrogen) atoms. The van der Waals surface area contributed by atoms with Crippen LogP contribution in [-0.2, 0) is 0 Å². The molecule has 2 N–H and O–H groups in total. The Balaban J connectivity index is 2.00. The number of hydrogen-bond donors (Lipinski definition) is 1. The molecule has 1 aromatic heterocycles. The van der Waals surface area contributed by atoms with Gasteiger partial charge in [0.25, 0.3) is 0 Å². The van der Waals surface area contributed by atoms with Gasteiger partial charge >= 0.3 is 0 Å². The number of guanidine groups is 1. The summed E-state index contributed by atoms with van der Waals surface area (Å²) in [5.41, 5.74) is 8.07. The second-order valence-corrected chi connectivity index (χ2v) is 5.73. The summed E-state index contributed by atoms with van der Waals surface area (Å²) in [7, 11) is 0. The highest BCUT2D eigenvalue weighted by Gasteiger charge is 2.29. The first-order chi connectivity index (χ1) is 9.66. The zero-order valence-corrected chi connectivity index (χ0v) is 12.8. The Kier molecular flexibility index (Phi) is 3.63. The highest BCUT2D eigenvalue weighted by atomic mass is 79.9. The van der Waals surface area contributed by atoms with E-state index in [1.54, 1.807) is 6.20 Å². The Morgan fingerprint density at radius 2 is 2.20 bits per heavy atom. The maximum atomic E-state index is 6.04. The quantitative estimate of drug-likeness (QED) is 0.902. The molecule has 0 amide bonds. The molecular formula is C14H12BrClN4. The Labute approximate surface area is 130 Å². The third kappa shape index (κ3) is 2.39. The monoisotopic (exact) mass is 350 g/mol. The highest BCUT2D eigenvalue weighted by Crippen LogP contribution is 2.34. The molecule has 1 aliphatic rings. The number of anilines is 1. The van der Waals surface area contributed by atoms with Crippen LogP contribution >= 0.6 is 27.5 Å². The van der Waals surface area contributed by atoms with Crippen LogP contribution < -0.4 is 10.6 Å². The minimum absolute atomic E-state index is 0.0665. The van der Waals surface area contributed by atoms with Crippen LogP contribution in [-0.4, -0.2) is 17.5 Å². The Morgan fingerprint density at radius 3 is 2.90 bits per heavy atom. The number of nitrogens with zero attached hydrogens (tertiary/aromatic N) is 3. The van der Waals surface area contributed by atoms with Gasteiger partial charge in [-0.3, -0.25) is 9.98 Å². The van der Waals surface area contributed by atoms with E-state index in [-0.39, 0.29) is 6.04 Å². The summed E-state index contributed by atoms with van der Waals surface area (Å²) in [4.78, 5) is 10.5. The molecule has 1 atom stereocenters. The fraction of sp³-hybridized carbons (Fsp3) is 0.143. The van der Waals surface area contributed by atoms with Gasteiger partial charge in [-0.25, -0.2) is 0 Å². The number of benzene rings is 1. The Hall–Kier alpha value is -1.59. The number of hydrogen-bond acceptors (Lipinski definition) is 4. The van der Waals surface area contributed by atoms with E-state index in [1.807, 2.05) is 41.4 Å². The Morgan fingerprint density at radius 1 is 1.35 bits per heavy atom. The lowest BCUT2D eigenvalue weighted by Gasteiger charge is -2.26. The molecule has 0 saturated carbocycles. The first-order valence-corrected chi connectivity index (χ1v) is 7.28. The van der Waals surface area contributed by atoms with Gasteiger partial charge in [0, 0.05) is 22.6 Å². The van der Waals surface area contributed by atoms with Crippen LogP contribution in [0.2, 0.25) is 5.02 Å². The van der Waals surface area contributed by atoms with Crippen molar-refractivity contribution in [3.05, 3.63) is 57.8 Å². The molecule has 4 nitrogen and oxygen atoms in total. The van der Waals surface area contributed by atoms with Gasteiger partial charge in [-0.2, -0.15) is 0 Å². The molecule has 0 fully saturated rings. The third-order valence-electron chi connectivity index (χ3n) is 3.24. The molecule has 0 radical (unpaired) electrons. The van der Waals surface area contributed by atoms with E-state index in [1.165, 1.54) is 0 Å². The number of aromatic nitrogens is 1. The van der Waals surface area contributed by atoms with E-state index in [0.717, 1.165) is 15.7 Å². The maximum absolute atomic E-state index is 6.04. The van der Waals surface area contributed by atoms with Gasteiger partial charge < -0.3 is 10.6 Å². The van der Waals surface area contributed by atoms with Gasteiger partial charge in [-0.1, -0.05) is 17.7 Å². The number of rotatable bonds is 2. The fourth-order valence-corrected chi connectivity index (χ4v) is 2.76. The van der Waals surface area contributed by atoms with Crippen molar-refractivity contribution < 1.29 is 0 Å². The van der Waals surface area contributed by atoms with Crippen molar-refractivity contribution in [3.63, 3.8) is 0 Å². The van der Waals surface area contributed by atoms with Crippen LogP contribution in [0.1, 0.15) is 11.6 Å². The molecule has 2 heterocycles. The summed E-state index contributed by atoms with van der Waals surface area (Å²) in [5.74, 6) is 0.507. The summed E-state index contributed by atoms with van der Waals surface area (Å²) in [5, 5.41) is 0.668. The summed E-state index contributed by atoms with van der Waals surface area (Å²) in [6, 6.07) is 9.73. The van der Waals surface area contributed by atoms with Gasteiger partial charge in [-0.05, 0) is 45.8 Å². The summed E-state index contributed by atoms with van der Waals surface area (Å²) in [6.45, 7) is 0.623. The molecule has 1 aliphatic heterocycles. The molecule has 0 aliphatic carbocycles. The van der Waals surface area contributed by atoms with Gasteiger partial charge in [0.15, 0.2) is 5.96 Å². The molecule has 0 spiro atoms. The van der Waals surface area contributed by atoms with Crippen LogP contribution in [0.15, 0.2) is 52.2 Å². The van der Waals surface area contributed by atoms with E-state index in [9.17, 15) is 0 Å². The number of pyridine rings is 1. The van der Waals surface area contributed by atoms with Crippen LogP contribution in [0.3, 0.4) is 0 Å². The van der Waals surface area contributed by atoms with E-state index >= 15 is 0 Å². The SMILES string of the molecule is NC1=NCC(c2cccnc2)N1c1ccc(Cl)c(Br)c1. The molecule has 102 valence electrons. The Bertz CT molecular complexity index is 659. The number of aliphatic imine (C=N–C) groups is 1. The smallest absolute Gasteiger partial charge is 0.196 e. The second kappa shape index (κ2) is 5.42. The molecule has 0 bridgehead atoms. The first kappa shape index (κ1) is 13.4. The largest absolute Gasteiger partial charge is 0.369 e. The fourth-order valence-electron chi connectivity index (χ4n) is 2.27. The zero-order valence-electron chi connectivity index (χ0n) is 10.5. The van der Waals surface area contributed by atoms with Gasteiger partial charge in [0.2, 0.25) is 0 Å². The van der Waals surface area contributed by atoms with Crippen molar-refractivity contribution in [1.82, 2.24) is 4.98 Å². The topological polar surface area (TPSA) is 54.5 Å². The van der Waals surface area contributed by atoms with E-state index in [2.05, 4.69) is 25.9 Å². The molecule has 2 aromatic rings. The van der Waals surface area contributed by atoms with Crippen molar-refractivity contribution >= 4 is 39.2 Å². The van der Waals surface area contributed by atoms with Crippen molar-refractivity contribution in [1.29, 1.82) is 0 Å². The van der Waals surface area contributed by atoms with E-state index < -0.39 is 0 Å². The third-order valence-corrected chi connectivity index (χ3v) is 4.45. The predicted octanol–water partition coefficient (Wildman–Crippen LogP) is 3.37. The lowest BCUT2D eigenvalue weighted by Crippen LogP contribution is -2.36. The zero-order chi connectivity index (χ0) is 14.1. The lowest BCUT2D eigenvalue weighted by molar-refractivity contribution is 0.764. The van der Waals surface area contributed by atoms with Gasteiger partial charge in [0.1, 0.15) is 0 Å². The average molecular weight is 352 g/mol. The maximum Gasteiger partial charge on any atom is 0.196 e. The van der Waals surface area contributed by atoms with Crippen molar-refractivity contribution in [2.24, 2.45) is 10.7 Å². The molecule has 3 rings (SSSR count). The molecular weight excluding hydrogens is 340 g/mol. The first-order valence-electron chi connectivity index (χ1n) is 6.11. The number of nitrogens with two attached hydrogens (primary N) is 1. The molecule has 1 unspecified atom stereocenters. The number of halogens is 2. The van der Waals surface area contributed by atoms with E-state index in [0.29, 0.717) is 17.5 Å². The van der Waals surface area contributed by atoms with Crippen LogP contribution in [0, 0.1) is 0 Å². The van der Waals surface area contributed by atoms with Crippen molar-refractivity contribution in [2.45, 2.75) is 6.04 Å². The highest BCUT2D eigenvalue weighted by molar-refractivity contribution is 9.10. The summed E-state index contributed by atoms with van der Waals surface area (Å²) in [6.07, 6.45) is 3.60. The van der Waals surface area contributed by atoms with Crippen molar-refractivity contribution in [2.75, 3.05) is 11.4 Å². The van der Waals surface area contributed by atoms with E-state index in [4.69, 9.17) is 17.3 Å². The minimum Gasteiger partial charge on any atom is -0.369 e. The van der Waals surface area contributed by atoms with Crippen LogP contribution in [0.25, 0.3) is 0 Å². The normalized spacial score (nSPS) is 18.2. The molecule has 6 heteroatoms. The minimum atomic E-state index is 0.0665. The predicted molar refractivity (Wildman–Crippen MR) is 85.1 cm³/mol. The molecule has 1 aromatic carbocycles. The van der Waals surface area contributed by atoms with Crippen LogP contribution in [0.4, 0.5) is 5.69 Å². The average Bonchev–Trinajstić information content (AvgIpc) is 2.85. The standard InChI is InChI=1S/C14H12BrClN4/c15-11-6-10(3-4-12(11)16)20-13(8-19-14(20)17)9-2-1-5-18-7-9/h1-7,13H,8H2,(H2,17,19). The summed E-state index contributed by atoms with van der Waals surface area (Å²) >= 11 is 9.48. The van der Waals surface area contributed by atoms with Gasteiger partial charge in [0.05, 0.1) is 17.6 Å². The summed E-state index contributed by atoms with van der Waals surface area (Å²) < 4.78 is 0.835. The van der Waals surface area contributed by atoms with Crippen molar-refractivity contribution in [3.8, 4) is 0 Å². The second-order valence-electron chi connectivity index (χ2n) is 4.47. The van der Waals surface area contributed by atoms with Crippen LogP contribution in [0.5, 0.6) is 0 Å².